The molecule has 1 unspecified atom stereocenters. The largest absolute Gasteiger partial charge is 0.320 e. The summed E-state index contributed by atoms with van der Waals surface area (Å²) in [5.41, 5.74) is 0. The van der Waals surface area contributed by atoms with Crippen molar-refractivity contribution in [3.05, 3.63) is 21.9 Å². The summed E-state index contributed by atoms with van der Waals surface area (Å²) >= 11 is 1.95. The Balaban J connectivity index is 1.82. The lowest BCUT2D eigenvalue weighted by Crippen LogP contribution is -2.36. The van der Waals surface area contributed by atoms with Gasteiger partial charge in [-0.05, 0) is 77.8 Å². The summed E-state index contributed by atoms with van der Waals surface area (Å²) in [5, 5.41) is 3.27. The lowest BCUT2D eigenvalue weighted by atomic mass is 9.92. The molecule has 18 heavy (non-hydrogen) atoms. The van der Waals surface area contributed by atoms with Gasteiger partial charge in [-0.1, -0.05) is 0 Å². The van der Waals surface area contributed by atoms with Gasteiger partial charge in [0, 0.05) is 15.8 Å². The standard InChI is InChI=1S/C15H26N2S/c1-12-4-5-15(18-12)13(2)17-10-7-14(8-11-17)6-9-16-3/h4-5,13-14,16H,6-11H2,1-3H3. The highest BCUT2D eigenvalue weighted by Crippen LogP contribution is 2.31. The highest BCUT2D eigenvalue weighted by Gasteiger charge is 2.23. The van der Waals surface area contributed by atoms with Crippen LogP contribution in [0.15, 0.2) is 12.1 Å². The van der Waals surface area contributed by atoms with E-state index in [1.165, 1.54) is 48.7 Å². The average molecular weight is 266 g/mol. The van der Waals surface area contributed by atoms with Crippen molar-refractivity contribution in [3.63, 3.8) is 0 Å². The molecule has 3 heteroatoms. The van der Waals surface area contributed by atoms with E-state index < -0.39 is 0 Å². The van der Waals surface area contributed by atoms with E-state index in [0.717, 1.165) is 5.92 Å². The van der Waals surface area contributed by atoms with Crippen LogP contribution in [-0.4, -0.2) is 31.6 Å². The van der Waals surface area contributed by atoms with Gasteiger partial charge in [-0.2, -0.15) is 0 Å². The van der Waals surface area contributed by atoms with Crippen LogP contribution in [0.3, 0.4) is 0 Å². The van der Waals surface area contributed by atoms with E-state index in [1.54, 1.807) is 0 Å². The van der Waals surface area contributed by atoms with Gasteiger partial charge in [-0.25, -0.2) is 0 Å². The van der Waals surface area contributed by atoms with Gasteiger partial charge in [0.2, 0.25) is 0 Å². The molecule has 0 radical (unpaired) electrons. The maximum atomic E-state index is 3.27. The highest BCUT2D eigenvalue weighted by molar-refractivity contribution is 7.12. The minimum atomic E-state index is 0.606. The van der Waals surface area contributed by atoms with Crippen molar-refractivity contribution in [1.82, 2.24) is 10.2 Å². The zero-order chi connectivity index (χ0) is 13.0. The second-order valence-electron chi connectivity index (χ2n) is 5.50. The molecular weight excluding hydrogens is 240 g/mol. The lowest BCUT2D eigenvalue weighted by molar-refractivity contribution is 0.139. The molecule has 2 nitrogen and oxygen atoms in total. The first-order chi connectivity index (χ1) is 8.70. The highest BCUT2D eigenvalue weighted by atomic mass is 32.1. The maximum Gasteiger partial charge on any atom is 0.0413 e. The number of likely N-dealkylation sites (tertiary alicyclic amines) is 1. The second-order valence-corrected chi connectivity index (χ2v) is 6.82. The molecule has 1 aromatic rings. The third kappa shape index (κ3) is 3.56. The Morgan fingerprint density at radius 1 is 1.39 bits per heavy atom. The van der Waals surface area contributed by atoms with E-state index >= 15 is 0 Å². The summed E-state index contributed by atoms with van der Waals surface area (Å²) in [6.45, 7) is 8.27. The van der Waals surface area contributed by atoms with Crippen molar-refractivity contribution in [2.24, 2.45) is 5.92 Å². The fourth-order valence-electron chi connectivity index (χ4n) is 2.84. The fourth-order valence-corrected chi connectivity index (χ4v) is 3.80. The molecule has 0 spiro atoms. The predicted molar refractivity (Wildman–Crippen MR) is 80.3 cm³/mol. The molecule has 0 saturated carbocycles. The van der Waals surface area contributed by atoms with Crippen LogP contribution in [0, 0.1) is 12.8 Å². The first-order valence-electron chi connectivity index (χ1n) is 7.15. The Bertz CT molecular complexity index is 353. The molecule has 1 atom stereocenters. The van der Waals surface area contributed by atoms with E-state index in [9.17, 15) is 0 Å². The molecular formula is C15H26N2S. The molecule has 2 heterocycles. The number of nitrogens with zero attached hydrogens (tertiary/aromatic N) is 1. The molecule has 1 fully saturated rings. The molecule has 1 N–H and O–H groups in total. The van der Waals surface area contributed by atoms with E-state index in [4.69, 9.17) is 0 Å². The van der Waals surface area contributed by atoms with Crippen molar-refractivity contribution in [1.29, 1.82) is 0 Å². The summed E-state index contributed by atoms with van der Waals surface area (Å²) in [7, 11) is 2.05. The van der Waals surface area contributed by atoms with Gasteiger partial charge < -0.3 is 5.32 Å². The summed E-state index contributed by atoms with van der Waals surface area (Å²) < 4.78 is 0. The molecule has 1 aliphatic heterocycles. The topological polar surface area (TPSA) is 15.3 Å². The summed E-state index contributed by atoms with van der Waals surface area (Å²) in [6, 6.07) is 5.16. The molecule has 0 bridgehead atoms. The Hall–Kier alpha value is -0.380. The third-order valence-corrected chi connectivity index (χ3v) is 5.34. The number of nitrogens with one attached hydrogen (secondary N) is 1. The van der Waals surface area contributed by atoms with Crippen LogP contribution in [0.5, 0.6) is 0 Å². The van der Waals surface area contributed by atoms with Crippen molar-refractivity contribution in [2.45, 2.75) is 39.2 Å². The predicted octanol–water partition coefficient (Wildman–Crippen LogP) is 3.44. The number of thiophene rings is 1. The second kappa shape index (κ2) is 6.69. The van der Waals surface area contributed by atoms with Crippen LogP contribution < -0.4 is 5.32 Å². The van der Waals surface area contributed by atoms with Crippen molar-refractivity contribution in [3.8, 4) is 0 Å². The number of rotatable bonds is 5. The van der Waals surface area contributed by atoms with Crippen molar-refractivity contribution in [2.75, 3.05) is 26.7 Å². The van der Waals surface area contributed by atoms with Gasteiger partial charge >= 0.3 is 0 Å². The molecule has 0 amide bonds. The monoisotopic (exact) mass is 266 g/mol. The number of aryl methyl sites for hydroxylation is 1. The van der Waals surface area contributed by atoms with Crippen LogP contribution in [-0.2, 0) is 0 Å². The van der Waals surface area contributed by atoms with Crippen LogP contribution in [0.25, 0.3) is 0 Å². The summed E-state index contributed by atoms with van der Waals surface area (Å²) in [4.78, 5) is 5.61. The van der Waals surface area contributed by atoms with Gasteiger partial charge in [0.25, 0.3) is 0 Å². The maximum absolute atomic E-state index is 3.27. The Labute approximate surface area is 115 Å². The minimum Gasteiger partial charge on any atom is -0.320 e. The summed E-state index contributed by atoms with van der Waals surface area (Å²) in [5.74, 6) is 0.936. The first kappa shape index (κ1) is 14.0. The number of hydrogen-bond acceptors (Lipinski definition) is 3. The van der Waals surface area contributed by atoms with Crippen molar-refractivity contribution >= 4 is 11.3 Å². The van der Waals surface area contributed by atoms with Gasteiger partial charge in [-0.3, -0.25) is 4.90 Å². The number of hydrogen-bond donors (Lipinski definition) is 1. The Kier molecular flexibility index (Phi) is 5.22. The number of piperidine rings is 1. The molecule has 1 aromatic heterocycles. The minimum absolute atomic E-state index is 0.606. The average Bonchev–Trinajstić information content (AvgIpc) is 2.83. The van der Waals surface area contributed by atoms with Gasteiger partial charge in [0.15, 0.2) is 0 Å². The first-order valence-corrected chi connectivity index (χ1v) is 7.97. The molecule has 2 rings (SSSR count). The smallest absolute Gasteiger partial charge is 0.0413 e. The lowest BCUT2D eigenvalue weighted by Gasteiger charge is -2.35. The Morgan fingerprint density at radius 2 is 2.11 bits per heavy atom. The van der Waals surface area contributed by atoms with E-state index in [-0.39, 0.29) is 0 Å². The molecule has 0 aromatic carbocycles. The SMILES string of the molecule is CNCCC1CCN(C(C)c2ccc(C)s2)CC1. The molecule has 1 aliphatic rings. The van der Waals surface area contributed by atoms with E-state index in [1.807, 2.05) is 11.3 Å². The third-order valence-electron chi connectivity index (χ3n) is 4.17. The van der Waals surface area contributed by atoms with Crippen LogP contribution in [0.1, 0.15) is 42.0 Å². The van der Waals surface area contributed by atoms with Gasteiger partial charge in [0.05, 0.1) is 0 Å². The normalized spacial score (nSPS) is 20.2. The van der Waals surface area contributed by atoms with Gasteiger partial charge in [0.1, 0.15) is 0 Å². The Morgan fingerprint density at radius 3 is 2.67 bits per heavy atom. The van der Waals surface area contributed by atoms with E-state index in [2.05, 4.69) is 43.2 Å². The van der Waals surface area contributed by atoms with Crippen LogP contribution in [0.4, 0.5) is 0 Å². The summed E-state index contributed by atoms with van der Waals surface area (Å²) in [6.07, 6.45) is 4.09. The molecule has 0 aliphatic carbocycles. The van der Waals surface area contributed by atoms with Crippen LogP contribution >= 0.6 is 11.3 Å². The fraction of sp³-hybridized carbons (Fsp3) is 0.733. The van der Waals surface area contributed by atoms with Crippen molar-refractivity contribution < 1.29 is 0 Å². The van der Waals surface area contributed by atoms with Gasteiger partial charge in [-0.15, -0.1) is 11.3 Å². The van der Waals surface area contributed by atoms with E-state index in [0.29, 0.717) is 6.04 Å². The zero-order valence-corrected chi connectivity index (χ0v) is 12.7. The molecule has 1 saturated heterocycles. The zero-order valence-electron chi connectivity index (χ0n) is 11.9. The van der Waals surface area contributed by atoms with Crippen LogP contribution in [0.2, 0.25) is 0 Å². The quantitative estimate of drug-likeness (QED) is 0.878. The molecule has 102 valence electrons.